The highest BCUT2D eigenvalue weighted by Crippen LogP contribution is 2.25. The van der Waals surface area contributed by atoms with Gasteiger partial charge in [-0.25, -0.2) is 0 Å². The van der Waals surface area contributed by atoms with Gasteiger partial charge in [-0.2, -0.15) is 13.2 Å². The van der Waals surface area contributed by atoms with Gasteiger partial charge in [-0.3, -0.25) is 4.79 Å². The normalized spacial score (nSPS) is 13.3. The Morgan fingerprint density at radius 3 is 2.50 bits per heavy atom. The van der Waals surface area contributed by atoms with E-state index in [0.717, 1.165) is 0 Å². The summed E-state index contributed by atoms with van der Waals surface area (Å²) in [6.45, 7) is -0.298. The largest absolute Gasteiger partial charge is 0.481 e. The van der Waals surface area contributed by atoms with E-state index in [9.17, 15) is 18.0 Å². The maximum Gasteiger partial charge on any atom is 0.415 e. The highest BCUT2D eigenvalue weighted by molar-refractivity contribution is 5.67. The van der Waals surface area contributed by atoms with Crippen LogP contribution in [-0.2, 0) is 9.53 Å². The molecule has 0 aliphatic rings. The molecule has 1 atom stereocenters. The van der Waals surface area contributed by atoms with E-state index in [-0.39, 0.29) is 13.0 Å². The first-order valence-electron chi connectivity index (χ1n) is 3.71. The minimum absolute atomic E-state index is 0.0200. The van der Waals surface area contributed by atoms with E-state index in [0.29, 0.717) is 0 Å². The topological polar surface area (TPSA) is 46.5 Å². The lowest BCUT2D eigenvalue weighted by Gasteiger charge is -2.18. The number of aliphatic carboxylic acids is 1. The summed E-state index contributed by atoms with van der Waals surface area (Å²) in [7, 11) is 0. The summed E-state index contributed by atoms with van der Waals surface area (Å²) >= 11 is 0. The lowest BCUT2D eigenvalue weighted by atomic mass is 10.2. The fraction of sp³-hybridized carbons (Fsp3) is 0.625. The van der Waals surface area contributed by atoms with Gasteiger partial charge in [0.15, 0.2) is 6.10 Å². The predicted octanol–water partition coefficient (Wildman–Crippen LogP) is 1.43. The smallest absolute Gasteiger partial charge is 0.415 e. The van der Waals surface area contributed by atoms with Gasteiger partial charge < -0.3 is 9.84 Å². The quantitative estimate of drug-likeness (QED) is 0.551. The summed E-state index contributed by atoms with van der Waals surface area (Å²) in [5, 5.41) is 8.18. The van der Waals surface area contributed by atoms with Gasteiger partial charge >= 0.3 is 12.1 Å². The van der Waals surface area contributed by atoms with Crippen molar-refractivity contribution in [3.63, 3.8) is 0 Å². The van der Waals surface area contributed by atoms with Gasteiger partial charge in [0.05, 0.1) is 13.0 Å². The first-order valence-corrected chi connectivity index (χ1v) is 3.71. The number of carbonyl (C=O) groups is 1. The van der Waals surface area contributed by atoms with Gasteiger partial charge in [0, 0.05) is 6.42 Å². The molecule has 0 fully saturated rings. The van der Waals surface area contributed by atoms with Crippen molar-refractivity contribution in [1.29, 1.82) is 0 Å². The molecule has 0 amide bonds. The minimum Gasteiger partial charge on any atom is -0.481 e. The van der Waals surface area contributed by atoms with E-state index in [2.05, 4.69) is 10.7 Å². The van der Waals surface area contributed by atoms with Crippen LogP contribution in [0, 0.1) is 12.3 Å². The van der Waals surface area contributed by atoms with Crippen LogP contribution in [-0.4, -0.2) is 30.0 Å². The molecule has 14 heavy (non-hydrogen) atoms. The molecule has 1 N–H and O–H groups in total. The summed E-state index contributed by atoms with van der Waals surface area (Å²) in [6, 6.07) is 0. The van der Waals surface area contributed by atoms with Crippen molar-refractivity contribution in [1.82, 2.24) is 0 Å². The zero-order chi connectivity index (χ0) is 11.2. The first kappa shape index (κ1) is 12.8. The Labute approximate surface area is 78.9 Å². The van der Waals surface area contributed by atoms with Crippen molar-refractivity contribution in [3.8, 4) is 12.3 Å². The second-order valence-electron chi connectivity index (χ2n) is 2.45. The lowest BCUT2D eigenvalue weighted by Crippen LogP contribution is -2.34. The third-order valence-corrected chi connectivity index (χ3v) is 1.29. The molecule has 0 saturated carbocycles. The molecular formula is C8H9F3O3. The number of alkyl halides is 3. The molecule has 0 radical (unpaired) electrons. The zero-order valence-electron chi connectivity index (χ0n) is 7.17. The molecule has 0 heterocycles. The molecule has 0 saturated heterocycles. The van der Waals surface area contributed by atoms with Crippen molar-refractivity contribution in [2.24, 2.45) is 0 Å². The average Bonchev–Trinajstić information content (AvgIpc) is 2.00. The van der Waals surface area contributed by atoms with Crippen LogP contribution in [0.3, 0.4) is 0 Å². The van der Waals surface area contributed by atoms with E-state index >= 15 is 0 Å². The van der Waals surface area contributed by atoms with E-state index < -0.39 is 24.7 Å². The molecule has 0 aromatic heterocycles. The predicted molar refractivity (Wildman–Crippen MR) is 41.5 cm³/mol. The minimum atomic E-state index is -4.67. The van der Waals surface area contributed by atoms with Crippen LogP contribution in [0.5, 0.6) is 0 Å². The number of carboxylic acids is 1. The van der Waals surface area contributed by atoms with Gasteiger partial charge in [0.25, 0.3) is 0 Å². The molecule has 6 heteroatoms. The summed E-state index contributed by atoms with van der Waals surface area (Å²) in [5.41, 5.74) is 0. The van der Waals surface area contributed by atoms with E-state index in [1.807, 2.05) is 0 Å². The molecular weight excluding hydrogens is 201 g/mol. The average molecular weight is 210 g/mol. The monoisotopic (exact) mass is 210 g/mol. The standard InChI is InChI=1S/C8H9F3O3/c1-2-3-4-14-6(5-7(12)13)8(9,10)11/h1,6H,3-5H2,(H,12,13). The number of carboxylic acid groups (broad SMARTS) is 1. The first-order chi connectivity index (χ1) is 6.38. The fourth-order valence-corrected chi connectivity index (χ4v) is 0.688. The molecule has 0 aliphatic heterocycles. The van der Waals surface area contributed by atoms with Gasteiger partial charge in [0.2, 0.25) is 0 Å². The summed E-state index contributed by atoms with van der Waals surface area (Å²) < 4.78 is 40.5. The summed E-state index contributed by atoms with van der Waals surface area (Å²) in [5.74, 6) is 0.526. The van der Waals surface area contributed by atoms with Crippen LogP contribution < -0.4 is 0 Å². The van der Waals surface area contributed by atoms with Crippen LogP contribution in [0.2, 0.25) is 0 Å². The molecule has 1 unspecified atom stereocenters. The van der Waals surface area contributed by atoms with Crippen LogP contribution in [0.25, 0.3) is 0 Å². The van der Waals surface area contributed by atoms with Gasteiger partial charge in [-0.05, 0) is 0 Å². The molecule has 0 rings (SSSR count). The van der Waals surface area contributed by atoms with E-state index in [1.54, 1.807) is 0 Å². The highest BCUT2D eigenvalue weighted by Gasteiger charge is 2.41. The Kier molecular flexibility index (Phi) is 5.02. The SMILES string of the molecule is C#CCCOC(CC(=O)O)C(F)(F)F. The highest BCUT2D eigenvalue weighted by atomic mass is 19.4. The van der Waals surface area contributed by atoms with Gasteiger partial charge in [-0.15, -0.1) is 12.3 Å². The van der Waals surface area contributed by atoms with Crippen molar-refractivity contribution >= 4 is 5.97 Å². The van der Waals surface area contributed by atoms with Crippen LogP contribution in [0.1, 0.15) is 12.8 Å². The molecule has 0 aromatic carbocycles. The Morgan fingerprint density at radius 1 is 1.57 bits per heavy atom. The number of ether oxygens (including phenoxy) is 1. The van der Waals surface area contributed by atoms with Crippen molar-refractivity contribution in [2.75, 3.05) is 6.61 Å². The van der Waals surface area contributed by atoms with Crippen molar-refractivity contribution < 1.29 is 27.8 Å². The van der Waals surface area contributed by atoms with Crippen LogP contribution >= 0.6 is 0 Å². The Hall–Kier alpha value is -1.22. The van der Waals surface area contributed by atoms with Crippen molar-refractivity contribution in [2.45, 2.75) is 25.1 Å². The van der Waals surface area contributed by atoms with Gasteiger partial charge in [-0.1, -0.05) is 0 Å². The van der Waals surface area contributed by atoms with Gasteiger partial charge in [0.1, 0.15) is 0 Å². The number of hydrogen-bond donors (Lipinski definition) is 1. The maximum absolute atomic E-state index is 12.1. The molecule has 0 aliphatic carbocycles. The molecule has 0 spiro atoms. The fourth-order valence-electron chi connectivity index (χ4n) is 0.688. The Balaban J connectivity index is 4.13. The maximum atomic E-state index is 12.1. The molecule has 3 nitrogen and oxygen atoms in total. The van der Waals surface area contributed by atoms with Crippen LogP contribution in [0.15, 0.2) is 0 Å². The molecule has 80 valence electrons. The number of hydrogen-bond acceptors (Lipinski definition) is 2. The zero-order valence-corrected chi connectivity index (χ0v) is 7.17. The second kappa shape index (κ2) is 5.50. The van der Waals surface area contributed by atoms with Crippen molar-refractivity contribution in [3.05, 3.63) is 0 Å². The third-order valence-electron chi connectivity index (χ3n) is 1.29. The second-order valence-corrected chi connectivity index (χ2v) is 2.45. The Bertz CT molecular complexity index is 229. The Morgan fingerprint density at radius 2 is 2.14 bits per heavy atom. The summed E-state index contributed by atoms with van der Waals surface area (Å²) in [4.78, 5) is 10.1. The van der Waals surface area contributed by atoms with E-state index in [1.165, 1.54) is 0 Å². The molecule has 0 bridgehead atoms. The van der Waals surface area contributed by atoms with Crippen LogP contribution in [0.4, 0.5) is 13.2 Å². The molecule has 0 aromatic rings. The number of terminal acetylenes is 1. The third kappa shape index (κ3) is 5.43. The summed E-state index contributed by atoms with van der Waals surface area (Å²) in [6.07, 6.45) is -3.24. The number of rotatable bonds is 5. The lowest BCUT2D eigenvalue weighted by molar-refractivity contribution is -0.223. The van der Waals surface area contributed by atoms with E-state index in [4.69, 9.17) is 11.5 Å². The number of halogens is 3.